The molecular weight excluding hydrogens is 256 g/mol. The van der Waals surface area contributed by atoms with E-state index >= 15 is 0 Å². The van der Waals surface area contributed by atoms with E-state index in [0.717, 1.165) is 19.0 Å². The summed E-state index contributed by atoms with van der Waals surface area (Å²) < 4.78 is 0. The number of benzene rings is 1. The zero-order valence-corrected chi connectivity index (χ0v) is 13.7. The number of nitrogens with zero attached hydrogens (tertiary/aromatic N) is 1. The van der Waals surface area contributed by atoms with Gasteiger partial charge < -0.3 is 10.6 Å². The lowest BCUT2D eigenvalue weighted by atomic mass is 9.69. The van der Waals surface area contributed by atoms with E-state index in [1.54, 1.807) is 0 Å². The van der Waals surface area contributed by atoms with Gasteiger partial charge in [-0.1, -0.05) is 37.5 Å². The Bertz CT molecular complexity index is 496. The molecule has 1 saturated carbocycles. The van der Waals surface area contributed by atoms with Crippen LogP contribution in [0, 0.1) is 18.3 Å². The fourth-order valence-corrected chi connectivity index (χ4v) is 4.54. The van der Waals surface area contributed by atoms with Crippen molar-refractivity contribution in [2.75, 3.05) is 24.5 Å². The number of fused-ring (bicyclic) bond motifs is 1. The molecule has 1 aliphatic carbocycles. The molecule has 0 aromatic heterocycles. The van der Waals surface area contributed by atoms with Gasteiger partial charge in [-0.2, -0.15) is 0 Å². The summed E-state index contributed by atoms with van der Waals surface area (Å²) in [6.07, 6.45) is 7.88. The average Bonchev–Trinajstić information content (AvgIpc) is 2.47. The predicted molar refractivity (Wildman–Crippen MR) is 90.8 cm³/mol. The van der Waals surface area contributed by atoms with Crippen LogP contribution in [0.5, 0.6) is 0 Å². The Morgan fingerprint density at radius 3 is 2.95 bits per heavy atom. The Balaban J connectivity index is 1.82. The van der Waals surface area contributed by atoms with Crippen LogP contribution in [0.1, 0.15) is 50.2 Å². The molecule has 1 aromatic carbocycles. The molecule has 2 atom stereocenters. The Hall–Kier alpha value is -1.02. The first-order chi connectivity index (χ1) is 10.1. The topological polar surface area (TPSA) is 29.3 Å². The Morgan fingerprint density at radius 2 is 2.19 bits per heavy atom. The van der Waals surface area contributed by atoms with Gasteiger partial charge in [-0.25, -0.2) is 0 Å². The van der Waals surface area contributed by atoms with Gasteiger partial charge in [0.2, 0.25) is 0 Å². The maximum Gasteiger partial charge on any atom is 0.0399 e. The Kier molecular flexibility index (Phi) is 4.26. The van der Waals surface area contributed by atoms with E-state index in [1.165, 1.54) is 61.9 Å². The third-order valence-electron chi connectivity index (χ3n) is 5.59. The van der Waals surface area contributed by atoms with Crippen LogP contribution >= 0.6 is 0 Å². The molecule has 3 rings (SSSR count). The van der Waals surface area contributed by atoms with Crippen molar-refractivity contribution in [1.29, 1.82) is 0 Å². The summed E-state index contributed by atoms with van der Waals surface area (Å²) in [4.78, 5) is 2.63. The normalized spacial score (nSPS) is 29.3. The lowest BCUT2D eigenvalue weighted by molar-refractivity contribution is 0.159. The molecule has 0 saturated heterocycles. The summed E-state index contributed by atoms with van der Waals surface area (Å²) in [5, 5.41) is 0. The van der Waals surface area contributed by atoms with Crippen LogP contribution in [0.25, 0.3) is 0 Å². The molecule has 1 aliphatic heterocycles. The molecule has 2 aliphatic rings. The van der Waals surface area contributed by atoms with Crippen LogP contribution in [-0.2, 0) is 6.42 Å². The maximum absolute atomic E-state index is 6.24. The lowest BCUT2D eigenvalue weighted by Crippen LogP contribution is -2.46. The van der Waals surface area contributed by atoms with Crippen molar-refractivity contribution in [3.63, 3.8) is 0 Å². The molecule has 1 aromatic rings. The standard InChI is InChI=1S/C19H30N2/c1-15-7-8-18-17(11-15)6-4-10-21(18)14-19(13-20)9-3-5-16(2)12-19/h7-8,11,16H,3-6,9-10,12-14,20H2,1-2H3. The zero-order valence-electron chi connectivity index (χ0n) is 13.7. The van der Waals surface area contributed by atoms with Gasteiger partial charge in [0, 0.05) is 24.2 Å². The molecule has 21 heavy (non-hydrogen) atoms. The maximum atomic E-state index is 6.24. The molecule has 1 fully saturated rings. The predicted octanol–water partition coefficient (Wildman–Crippen LogP) is 3.90. The zero-order chi connectivity index (χ0) is 14.9. The molecule has 0 radical (unpaired) electrons. The van der Waals surface area contributed by atoms with Crippen LogP contribution in [0.15, 0.2) is 18.2 Å². The summed E-state index contributed by atoms with van der Waals surface area (Å²) in [7, 11) is 0. The second-order valence-electron chi connectivity index (χ2n) is 7.56. The lowest BCUT2D eigenvalue weighted by Gasteiger charge is -2.44. The van der Waals surface area contributed by atoms with Crippen molar-refractivity contribution in [3.8, 4) is 0 Å². The van der Waals surface area contributed by atoms with Crippen LogP contribution in [0.4, 0.5) is 5.69 Å². The second kappa shape index (κ2) is 6.00. The van der Waals surface area contributed by atoms with E-state index in [-0.39, 0.29) is 0 Å². The number of hydrogen-bond donors (Lipinski definition) is 1. The highest BCUT2D eigenvalue weighted by molar-refractivity contribution is 5.57. The number of hydrogen-bond acceptors (Lipinski definition) is 2. The van der Waals surface area contributed by atoms with Gasteiger partial charge in [0.1, 0.15) is 0 Å². The Morgan fingerprint density at radius 1 is 1.33 bits per heavy atom. The van der Waals surface area contributed by atoms with Gasteiger partial charge in [0.25, 0.3) is 0 Å². The van der Waals surface area contributed by atoms with Gasteiger partial charge in [-0.05, 0) is 56.7 Å². The number of nitrogens with two attached hydrogens (primary N) is 1. The van der Waals surface area contributed by atoms with Crippen LogP contribution in [0.3, 0.4) is 0 Å². The van der Waals surface area contributed by atoms with Crippen LogP contribution in [-0.4, -0.2) is 19.6 Å². The van der Waals surface area contributed by atoms with E-state index in [9.17, 15) is 0 Å². The molecule has 2 nitrogen and oxygen atoms in total. The minimum atomic E-state index is 0.344. The first-order valence-corrected chi connectivity index (χ1v) is 8.66. The average molecular weight is 286 g/mol. The van der Waals surface area contributed by atoms with E-state index in [4.69, 9.17) is 5.73 Å². The molecular formula is C19H30N2. The summed E-state index contributed by atoms with van der Waals surface area (Å²) in [5.41, 5.74) is 11.0. The highest BCUT2D eigenvalue weighted by atomic mass is 15.1. The van der Waals surface area contributed by atoms with Crippen molar-refractivity contribution in [2.24, 2.45) is 17.1 Å². The monoisotopic (exact) mass is 286 g/mol. The Labute approximate surface area is 129 Å². The van der Waals surface area contributed by atoms with Crippen LogP contribution < -0.4 is 10.6 Å². The van der Waals surface area contributed by atoms with Crippen molar-refractivity contribution >= 4 is 5.69 Å². The third-order valence-corrected chi connectivity index (χ3v) is 5.59. The third kappa shape index (κ3) is 3.11. The van der Waals surface area contributed by atoms with Crippen LogP contribution in [0.2, 0.25) is 0 Å². The largest absolute Gasteiger partial charge is 0.371 e. The SMILES string of the molecule is Cc1ccc2c(c1)CCCN2CC1(CN)CCCC(C)C1. The minimum Gasteiger partial charge on any atom is -0.371 e. The summed E-state index contributed by atoms with van der Waals surface area (Å²) in [5.74, 6) is 0.838. The van der Waals surface area contributed by atoms with Gasteiger partial charge in [0.15, 0.2) is 0 Å². The summed E-state index contributed by atoms with van der Waals surface area (Å²) in [6.45, 7) is 7.80. The highest BCUT2D eigenvalue weighted by Crippen LogP contribution is 2.41. The van der Waals surface area contributed by atoms with E-state index < -0.39 is 0 Å². The van der Waals surface area contributed by atoms with Gasteiger partial charge in [0.05, 0.1) is 0 Å². The van der Waals surface area contributed by atoms with Crippen molar-refractivity contribution in [3.05, 3.63) is 29.3 Å². The first kappa shape index (κ1) is 14.9. The summed E-state index contributed by atoms with van der Waals surface area (Å²) >= 11 is 0. The highest BCUT2D eigenvalue weighted by Gasteiger charge is 2.36. The smallest absolute Gasteiger partial charge is 0.0399 e. The van der Waals surface area contributed by atoms with Crippen molar-refractivity contribution < 1.29 is 0 Å². The van der Waals surface area contributed by atoms with Gasteiger partial charge >= 0.3 is 0 Å². The minimum absolute atomic E-state index is 0.344. The fraction of sp³-hybridized carbons (Fsp3) is 0.684. The number of aryl methyl sites for hydroxylation is 2. The first-order valence-electron chi connectivity index (χ1n) is 8.66. The van der Waals surface area contributed by atoms with Gasteiger partial charge in [-0.15, -0.1) is 0 Å². The van der Waals surface area contributed by atoms with E-state index in [2.05, 4.69) is 36.9 Å². The molecule has 0 amide bonds. The molecule has 0 spiro atoms. The molecule has 0 bridgehead atoms. The molecule has 116 valence electrons. The molecule has 2 unspecified atom stereocenters. The van der Waals surface area contributed by atoms with Crippen molar-refractivity contribution in [2.45, 2.75) is 52.4 Å². The molecule has 2 heteroatoms. The molecule has 1 heterocycles. The second-order valence-corrected chi connectivity index (χ2v) is 7.56. The van der Waals surface area contributed by atoms with Crippen molar-refractivity contribution in [1.82, 2.24) is 0 Å². The number of anilines is 1. The number of rotatable bonds is 3. The van der Waals surface area contributed by atoms with Gasteiger partial charge in [-0.3, -0.25) is 0 Å². The fourth-order valence-electron chi connectivity index (χ4n) is 4.54. The summed E-state index contributed by atoms with van der Waals surface area (Å²) in [6, 6.07) is 6.97. The van der Waals surface area contributed by atoms with E-state index in [1.807, 2.05) is 0 Å². The quantitative estimate of drug-likeness (QED) is 0.913. The molecule has 2 N–H and O–H groups in total. The van der Waals surface area contributed by atoms with E-state index in [0.29, 0.717) is 5.41 Å².